The number of benzene rings is 1. The van der Waals surface area contributed by atoms with Gasteiger partial charge in [0.05, 0.1) is 12.5 Å². The first-order chi connectivity index (χ1) is 7.97. The van der Waals surface area contributed by atoms with E-state index in [4.69, 9.17) is 16.3 Å². The van der Waals surface area contributed by atoms with Gasteiger partial charge in [-0.15, -0.1) is 0 Å². The zero-order chi connectivity index (χ0) is 13.0. The van der Waals surface area contributed by atoms with E-state index in [-0.39, 0.29) is 12.5 Å². The summed E-state index contributed by atoms with van der Waals surface area (Å²) in [4.78, 5) is 11.8. The van der Waals surface area contributed by atoms with E-state index in [1.807, 2.05) is 13.8 Å². The molecular formula is C13H16ClFO2. The van der Waals surface area contributed by atoms with Crippen molar-refractivity contribution >= 4 is 17.6 Å². The molecule has 0 fully saturated rings. The number of ether oxygens (including phenoxy) is 1. The van der Waals surface area contributed by atoms with E-state index in [0.29, 0.717) is 10.6 Å². The molecule has 0 amide bonds. The van der Waals surface area contributed by atoms with E-state index in [2.05, 4.69) is 0 Å². The lowest BCUT2D eigenvalue weighted by Crippen LogP contribution is -2.21. The van der Waals surface area contributed by atoms with Gasteiger partial charge in [-0.05, 0) is 25.0 Å². The van der Waals surface area contributed by atoms with Crippen LogP contribution in [0.1, 0.15) is 32.3 Å². The summed E-state index contributed by atoms with van der Waals surface area (Å²) in [5.74, 6) is -1.50. The van der Waals surface area contributed by atoms with Gasteiger partial charge in [-0.25, -0.2) is 4.39 Å². The van der Waals surface area contributed by atoms with Gasteiger partial charge in [-0.3, -0.25) is 4.79 Å². The molecule has 1 rings (SSSR count). The molecule has 1 aromatic carbocycles. The van der Waals surface area contributed by atoms with Crippen LogP contribution in [-0.2, 0) is 9.53 Å². The highest BCUT2D eigenvalue weighted by Gasteiger charge is 2.28. The highest BCUT2D eigenvalue weighted by atomic mass is 35.5. The van der Waals surface area contributed by atoms with E-state index >= 15 is 0 Å². The number of carbonyl (C=O) groups is 1. The number of carbonyl (C=O) groups excluding carboxylic acids is 1. The van der Waals surface area contributed by atoms with Crippen molar-refractivity contribution in [1.29, 1.82) is 0 Å². The molecule has 0 bridgehead atoms. The standard InChI is InChI=1S/C13H16ClFO2/c1-4-17-13(16)12(8(2)3)10-6-5-9(14)7-11(10)15/h5-8,12H,4H2,1-3H3. The van der Waals surface area contributed by atoms with E-state index in [1.165, 1.54) is 6.07 Å². The molecule has 0 N–H and O–H groups in total. The molecule has 17 heavy (non-hydrogen) atoms. The lowest BCUT2D eigenvalue weighted by molar-refractivity contribution is -0.146. The molecule has 0 heterocycles. The highest BCUT2D eigenvalue weighted by molar-refractivity contribution is 6.30. The van der Waals surface area contributed by atoms with Gasteiger partial charge in [0.1, 0.15) is 5.82 Å². The molecule has 4 heteroatoms. The number of esters is 1. The van der Waals surface area contributed by atoms with Crippen LogP contribution in [0.25, 0.3) is 0 Å². The molecule has 1 atom stereocenters. The van der Waals surface area contributed by atoms with Gasteiger partial charge in [0.25, 0.3) is 0 Å². The van der Waals surface area contributed by atoms with Gasteiger partial charge in [-0.1, -0.05) is 31.5 Å². The summed E-state index contributed by atoms with van der Waals surface area (Å²) in [6, 6.07) is 4.33. The summed E-state index contributed by atoms with van der Waals surface area (Å²) in [6.45, 7) is 5.73. The number of hydrogen-bond donors (Lipinski definition) is 0. The zero-order valence-corrected chi connectivity index (χ0v) is 10.9. The van der Waals surface area contributed by atoms with Gasteiger partial charge in [-0.2, -0.15) is 0 Å². The van der Waals surface area contributed by atoms with Gasteiger partial charge in [0.2, 0.25) is 0 Å². The van der Waals surface area contributed by atoms with Gasteiger partial charge in [0.15, 0.2) is 0 Å². The monoisotopic (exact) mass is 258 g/mol. The maximum absolute atomic E-state index is 13.8. The van der Waals surface area contributed by atoms with Crippen molar-refractivity contribution in [2.45, 2.75) is 26.7 Å². The molecule has 0 aliphatic rings. The van der Waals surface area contributed by atoms with Crippen molar-refractivity contribution in [2.75, 3.05) is 6.61 Å². The molecule has 2 nitrogen and oxygen atoms in total. The van der Waals surface area contributed by atoms with Crippen molar-refractivity contribution in [2.24, 2.45) is 5.92 Å². The second-order valence-corrected chi connectivity index (χ2v) is 4.58. The Hall–Kier alpha value is -1.09. The van der Waals surface area contributed by atoms with Crippen molar-refractivity contribution in [1.82, 2.24) is 0 Å². The fourth-order valence-corrected chi connectivity index (χ4v) is 1.90. The Kier molecular flexibility index (Phi) is 4.94. The summed E-state index contributed by atoms with van der Waals surface area (Å²) in [5.41, 5.74) is 0.336. The quantitative estimate of drug-likeness (QED) is 0.769. The van der Waals surface area contributed by atoms with Crippen LogP contribution in [0.15, 0.2) is 18.2 Å². The summed E-state index contributed by atoms with van der Waals surface area (Å²) >= 11 is 5.69. The lowest BCUT2D eigenvalue weighted by Gasteiger charge is -2.20. The SMILES string of the molecule is CCOC(=O)C(c1ccc(Cl)cc1F)C(C)C. The summed E-state index contributed by atoms with van der Waals surface area (Å²) in [6.07, 6.45) is 0. The van der Waals surface area contributed by atoms with Crippen LogP contribution in [0.3, 0.4) is 0 Å². The molecule has 1 unspecified atom stereocenters. The molecule has 1 aromatic rings. The van der Waals surface area contributed by atoms with Crippen molar-refractivity contribution in [3.8, 4) is 0 Å². The smallest absolute Gasteiger partial charge is 0.313 e. The fourth-order valence-electron chi connectivity index (χ4n) is 1.74. The van der Waals surface area contributed by atoms with Crippen LogP contribution < -0.4 is 0 Å². The molecule has 0 aliphatic carbocycles. The highest BCUT2D eigenvalue weighted by Crippen LogP contribution is 2.29. The number of halogens is 2. The Morgan fingerprint density at radius 2 is 2.12 bits per heavy atom. The van der Waals surface area contributed by atoms with Gasteiger partial charge < -0.3 is 4.74 Å². The third-order valence-corrected chi connectivity index (χ3v) is 2.74. The summed E-state index contributed by atoms with van der Waals surface area (Å²) < 4.78 is 18.7. The van der Waals surface area contributed by atoms with E-state index in [1.54, 1.807) is 19.1 Å². The molecule has 0 aromatic heterocycles. The molecule has 0 saturated heterocycles. The molecule has 0 aliphatic heterocycles. The second kappa shape index (κ2) is 6.01. The zero-order valence-electron chi connectivity index (χ0n) is 10.2. The average Bonchev–Trinajstić information content (AvgIpc) is 2.21. The molecule has 0 radical (unpaired) electrons. The van der Waals surface area contributed by atoms with E-state index < -0.39 is 17.7 Å². The van der Waals surface area contributed by atoms with Crippen molar-refractivity contribution in [3.63, 3.8) is 0 Å². The van der Waals surface area contributed by atoms with Crippen LogP contribution in [0.5, 0.6) is 0 Å². The summed E-state index contributed by atoms with van der Waals surface area (Å²) in [5, 5.41) is 0.317. The first kappa shape index (κ1) is 14.0. The second-order valence-electron chi connectivity index (χ2n) is 4.14. The van der Waals surface area contributed by atoms with E-state index in [9.17, 15) is 9.18 Å². The van der Waals surface area contributed by atoms with Gasteiger partial charge >= 0.3 is 5.97 Å². The Labute approximate surface area is 106 Å². The largest absolute Gasteiger partial charge is 0.466 e. The third kappa shape index (κ3) is 3.43. The van der Waals surface area contributed by atoms with Crippen LogP contribution >= 0.6 is 11.6 Å². The molecule has 0 spiro atoms. The normalized spacial score (nSPS) is 12.6. The predicted octanol–water partition coefficient (Wildman–Crippen LogP) is 3.78. The average molecular weight is 259 g/mol. The third-order valence-electron chi connectivity index (χ3n) is 2.50. The van der Waals surface area contributed by atoms with Crippen molar-refractivity contribution in [3.05, 3.63) is 34.6 Å². The van der Waals surface area contributed by atoms with Crippen molar-refractivity contribution < 1.29 is 13.9 Å². The molecule has 0 saturated carbocycles. The maximum Gasteiger partial charge on any atom is 0.313 e. The fraction of sp³-hybridized carbons (Fsp3) is 0.462. The minimum Gasteiger partial charge on any atom is -0.466 e. The Morgan fingerprint density at radius 1 is 1.47 bits per heavy atom. The maximum atomic E-state index is 13.8. The Morgan fingerprint density at radius 3 is 2.59 bits per heavy atom. The van der Waals surface area contributed by atoms with Crippen LogP contribution in [-0.4, -0.2) is 12.6 Å². The van der Waals surface area contributed by atoms with E-state index in [0.717, 1.165) is 0 Å². The van der Waals surface area contributed by atoms with Crippen LogP contribution in [0.4, 0.5) is 4.39 Å². The topological polar surface area (TPSA) is 26.3 Å². The minimum absolute atomic E-state index is 0.0373. The first-order valence-electron chi connectivity index (χ1n) is 5.59. The van der Waals surface area contributed by atoms with Crippen LogP contribution in [0, 0.1) is 11.7 Å². The Balaban J connectivity index is 3.10. The number of rotatable bonds is 4. The van der Waals surface area contributed by atoms with Crippen LogP contribution in [0.2, 0.25) is 5.02 Å². The molecular weight excluding hydrogens is 243 g/mol. The van der Waals surface area contributed by atoms with Gasteiger partial charge in [0, 0.05) is 10.6 Å². The predicted molar refractivity (Wildman–Crippen MR) is 65.6 cm³/mol. The molecule has 94 valence electrons. The minimum atomic E-state index is -0.591. The Bertz CT molecular complexity index is 404. The first-order valence-corrected chi connectivity index (χ1v) is 5.96. The lowest BCUT2D eigenvalue weighted by atomic mass is 9.88. The summed E-state index contributed by atoms with van der Waals surface area (Å²) in [7, 11) is 0. The number of hydrogen-bond acceptors (Lipinski definition) is 2.